The van der Waals surface area contributed by atoms with Gasteiger partial charge in [-0.2, -0.15) is 0 Å². The highest BCUT2D eigenvalue weighted by atomic mass is 79.9. The molecule has 0 saturated carbocycles. The number of phenols is 1. The van der Waals surface area contributed by atoms with Gasteiger partial charge in [0.05, 0.1) is 0 Å². The number of halogens is 1. The van der Waals surface area contributed by atoms with E-state index >= 15 is 0 Å². The van der Waals surface area contributed by atoms with Crippen molar-refractivity contribution in [3.8, 4) is 5.75 Å². The fraction of sp³-hybridized carbons (Fsp3) is 0.333. The summed E-state index contributed by atoms with van der Waals surface area (Å²) in [5.41, 5.74) is 12.5. The van der Waals surface area contributed by atoms with Crippen molar-refractivity contribution in [2.75, 3.05) is 5.73 Å². The van der Waals surface area contributed by atoms with Gasteiger partial charge >= 0.3 is 0 Å². The molecule has 72 valence electrons. The first-order valence-electron chi connectivity index (χ1n) is 4.03. The number of nitrogens with two attached hydrogens (primary N) is 2. The van der Waals surface area contributed by atoms with E-state index in [0.29, 0.717) is 12.1 Å². The second kappa shape index (κ2) is 3.98. The Morgan fingerprint density at radius 3 is 2.62 bits per heavy atom. The number of hydrogen-bond donors (Lipinski definition) is 3. The zero-order chi connectivity index (χ0) is 10.0. The van der Waals surface area contributed by atoms with Gasteiger partial charge in [0.15, 0.2) is 0 Å². The minimum absolute atomic E-state index is 0.0193. The highest BCUT2D eigenvalue weighted by Crippen LogP contribution is 2.29. The maximum atomic E-state index is 9.56. The predicted octanol–water partition coefficient (Wildman–Crippen LogP) is 1.63. The Bertz CT molecular complexity index is 289. The van der Waals surface area contributed by atoms with Gasteiger partial charge in [-0.25, -0.2) is 0 Å². The lowest BCUT2D eigenvalue weighted by atomic mass is 10.1. The van der Waals surface area contributed by atoms with Crippen LogP contribution in [0, 0.1) is 0 Å². The monoisotopic (exact) mass is 244 g/mol. The maximum absolute atomic E-state index is 9.56. The second-order valence-electron chi connectivity index (χ2n) is 3.18. The molecule has 0 spiro atoms. The van der Waals surface area contributed by atoms with Crippen LogP contribution in [-0.4, -0.2) is 11.1 Å². The van der Waals surface area contributed by atoms with Crippen molar-refractivity contribution in [2.45, 2.75) is 19.4 Å². The van der Waals surface area contributed by atoms with Crippen LogP contribution >= 0.6 is 15.9 Å². The Morgan fingerprint density at radius 1 is 1.54 bits per heavy atom. The third-order valence-electron chi connectivity index (χ3n) is 1.72. The summed E-state index contributed by atoms with van der Waals surface area (Å²) >= 11 is 3.33. The summed E-state index contributed by atoms with van der Waals surface area (Å²) < 4.78 is 0.808. The Labute approximate surface area is 85.9 Å². The van der Waals surface area contributed by atoms with Crippen molar-refractivity contribution in [3.05, 3.63) is 22.2 Å². The first-order valence-corrected chi connectivity index (χ1v) is 4.82. The van der Waals surface area contributed by atoms with Gasteiger partial charge in [-0.3, -0.25) is 0 Å². The fourth-order valence-electron chi connectivity index (χ4n) is 1.17. The Kier molecular flexibility index (Phi) is 3.17. The molecular weight excluding hydrogens is 232 g/mol. The van der Waals surface area contributed by atoms with E-state index in [0.717, 1.165) is 10.0 Å². The van der Waals surface area contributed by atoms with Crippen molar-refractivity contribution in [1.82, 2.24) is 0 Å². The largest absolute Gasteiger partial charge is 0.508 e. The molecule has 0 aliphatic rings. The average molecular weight is 245 g/mol. The van der Waals surface area contributed by atoms with E-state index in [2.05, 4.69) is 15.9 Å². The van der Waals surface area contributed by atoms with Crippen LogP contribution in [0.3, 0.4) is 0 Å². The van der Waals surface area contributed by atoms with Gasteiger partial charge in [0, 0.05) is 27.8 Å². The zero-order valence-corrected chi connectivity index (χ0v) is 9.01. The Morgan fingerprint density at radius 2 is 2.15 bits per heavy atom. The van der Waals surface area contributed by atoms with E-state index in [4.69, 9.17) is 11.5 Å². The van der Waals surface area contributed by atoms with Crippen LogP contribution < -0.4 is 11.5 Å². The van der Waals surface area contributed by atoms with Crippen LogP contribution in [0.4, 0.5) is 5.69 Å². The lowest BCUT2D eigenvalue weighted by Crippen LogP contribution is -2.18. The molecule has 0 aliphatic carbocycles. The number of phenolic OH excluding ortho intramolecular Hbond substituents is 1. The molecule has 0 aliphatic heterocycles. The topological polar surface area (TPSA) is 72.3 Å². The van der Waals surface area contributed by atoms with Crippen LogP contribution in [0.1, 0.15) is 12.5 Å². The van der Waals surface area contributed by atoms with E-state index in [1.807, 2.05) is 6.92 Å². The van der Waals surface area contributed by atoms with E-state index in [1.54, 1.807) is 6.07 Å². The smallest absolute Gasteiger partial charge is 0.122 e. The number of nitrogen functional groups attached to an aromatic ring is 1. The van der Waals surface area contributed by atoms with Gasteiger partial charge in [-0.15, -0.1) is 0 Å². The summed E-state index contributed by atoms with van der Waals surface area (Å²) in [4.78, 5) is 0. The van der Waals surface area contributed by atoms with Gasteiger partial charge in [-0.05, 0) is 19.4 Å². The maximum Gasteiger partial charge on any atom is 0.122 e. The molecule has 1 aromatic rings. The highest BCUT2D eigenvalue weighted by molar-refractivity contribution is 9.10. The van der Waals surface area contributed by atoms with Crippen molar-refractivity contribution < 1.29 is 5.11 Å². The highest BCUT2D eigenvalue weighted by Gasteiger charge is 2.09. The van der Waals surface area contributed by atoms with E-state index in [-0.39, 0.29) is 11.8 Å². The molecule has 0 radical (unpaired) electrons. The minimum atomic E-state index is 0.0193. The number of benzene rings is 1. The molecule has 1 unspecified atom stereocenters. The van der Waals surface area contributed by atoms with Crippen LogP contribution in [0.15, 0.2) is 16.6 Å². The lowest BCUT2D eigenvalue weighted by Gasteiger charge is -2.10. The quantitative estimate of drug-likeness (QED) is 0.693. The number of rotatable bonds is 2. The van der Waals surface area contributed by atoms with E-state index < -0.39 is 0 Å². The molecule has 13 heavy (non-hydrogen) atoms. The number of hydrogen-bond acceptors (Lipinski definition) is 3. The molecule has 1 rings (SSSR count). The summed E-state index contributed by atoms with van der Waals surface area (Å²) in [5, 5.41) is 9.56. The van der Waals surface area contributed by atoms with Crippen molar-refractivity contribution >= 4 is 21.6 Å². The molecule has 0 amide bonds. The van der Waals surface area contributed by atoms with Gasteiger partial charge in [0.1, 0.15) is 5.75 Å². The summed E-state index contributed by atoms with van der Waals surface area (Å²) in [6.07, 6.45) is 0.632. The number of aromatic hydroxyl groups is 1. The minimum Gasteiger partial charge on any atom is -0.508 e. The first-order chi connectivity index (χ1) is 6.00. The zero-order valence-electron chi connectivity index (χ0n) is 7.42. The van der Waals surface area contributed by atoms with Crippen molar-refractivity contribution in [3.63, 3.8) is 0 Å². The van der Waals surface area contributed by atoms with Crippen molar-refractivity contribution in [2.24, 2.45) is 5.73 Å². The molecular formula is C9H13BrN2O. The molecule has 0 heterocycles. The van der Waals surface area contributed by atoms with E-state index in [1.165, 1.54) is 6.07 Å². The summed E-state index contributed by atoms with van der Waals surface area (Å²) in [7, 11) is 0. The van der Waals surface area contributed by atoms with Crippen molar-refractivity contribution in [1.29, 1.82) is 0 Å². The van der Waals surface area contributed by atoms with Gasteiger partial charge in [0.2, 0.25) is 0 Å². The normalized spacial score (nSPS) is 12.8. The van der Waals surface area contributed by atoms with Crippen LogP contribution in [0.2, 0.25) is 0 Å². The summed E-state index contributed by atoms with van der Waals surface area (Å²) in [6.45, 7) is 1.89. The average Bonchev–Trinajstić information content (AvgIpc) is 1.96. The number of anilines is 1. The fourth-order valence-corrected chi connectivity index (χ4v) is 1.80. The SMILES string of the molecule is CC(N)Cc1c(O)cc(N)cc1Br. The van der Waals surface area contributed by atoms with Crippen LogP contribution in [-0.2, 0) is 6.42 Å². The Balaban J connectivity index is 3.06. The molecule has 0 aromatic heterocycles. The predicted molar refractivity (Wildman–Crippen MR) is 57.6 cm³/mol. The second-order valence-corrected chi connectivity index (χ2v) is 4.04. The molecule has 1 atom stereocenters. The standard InChI is InChI=1S/C9H13BrN2O/c1-5(11)2-7-8(10)3-6(12)4-9(7)13/h3-5,13H,2,11-12H2,1H3. The molecule has 0 fully saturated rings. The third-order valence-corrected chi connectivity index (χ3v) is 2.43. The first kappa shape index (κ1) is 10.3. The molecule has 0 saturated heterocycles. The third kappa shape index (κ3) is 2.60. The van der Waals surface area contributed by atoms with Crippen LogP contribution in [0.25, 0.3) is 0 Å². The Hall–Kier alpha value is -0.740. The van der Waals surface area contributed by atoms with Gasteiger partial charge in [0.25, 0.3) is 0 Å². The van der Waals surface area contributed by atoms with Gasteiger partial charge in [-0.1, -0.05) is 15.9 Å². The molecule has 4 heteroatoms. The molecule has 1 aromatic carbocycles. The molecule has 5 N–H and O–H groups in total. The molecule has 0 bridgehead atoms. The molecule has 3 nitrogen and oxygen atoms in total. The summed E-state index contributed by atoms with van der Waals surface area (Å²) in [5.74, 6) is 0.198. The van der Waals surface area contributed by atoms with Crippen LogP contribution in [0.5, 0.6) is 5.75 Å². The summed E-state index contributed by atoms with van der Waals surface area (Å²) in [6, 6.07) is 3.31. The lowest BCUT2D eigenvalue weighted by molar-refractivity contribution is 0.465. The van der Waals surface area contributed by atoms with Gasteiger partial charge < -0.3 is 16.6 Å². The van der Waals surface area contributed by atoms with E-state index in [9.17, 15) is 5.11 Å².